The first-order valence-electron chi connectivity index (χ1n) is 9.95. The smallest absolute Gasteiger partial charge is 0.336 e. The Morgan fingerprint density at radius 2 is 1.93 bits per heavy atom. The third-order valence-corrected chi connectivity index (χ3v) is 5.27. The van der Waals surface area contributed by atoms with Crippen LogP contribution in [0, 0.1) is 0 Å². The van der Waals surface area contributed by atoms with E-state index in [-0.39, 0.29) is 17.5 Å². The number of rotatable bonds is 7. The number of hydrogen-bond acceptors (Lipinski definition) is 5. The zero-order valence-corrected chi connectivity index (χ0v) is 17.5. The minimum Gasteiger partial charge on any atom is -0.489 e. The molecule has 0 N–H and O–H groups in total. The van der Waals surface area contributed by atoms with Gasteiger partial charge in [-0.2, -0.15) is 0 Å². The lowest BCUT2D eigenvalue weighted by atomic mass is 10.0. The summed E-state index contributed by atoms with van der Waals surface area (Å²) in [4.78, 5) is 23.3. The van der Waals surface area contributed by atoms with Crippen molar-refractivity contribution in [3.8, 4) is 5.75 Å². The monoisotopic (exact) mass is 396 g/mol. The highest BCUT2D eigenvalue weighted by Crippen LogP contribution is 2.30. The number of fused-ring (bicyclic) bond motifs is 1. The minimum absolute atomic E-state index is 0.0990. The van der Waals surface area contributed by atoms with Crippen molar-refractivity contribution in [1.29, 1.82) is 0 Å². The van der Waals surface area contributed by atoms with Crippen molar-refractivity contribution >= 4 is 16.8 Å². The molecule has 2 aromatic rings. The molecular formula is C24H28O5. The molecule has 0 spiro atoms. The van der Waals surface area contributed by atoms with Gasteiger partial charge in [-0.25, -0.2) is 4.79 Å². The molecule has 0 radical (unpaired) electrons. The lowest BCUT2D eigenvalue weighted by molar-refractivity contribution is -0.129. The molecule has 1 aromatic heterocycles. The highest BCUT2D eigenvalue weighted by molar-refractivity contribution is 5.89. The van der Waals surface area contributed by atoms with Crippen molar-refractivity contribution in [2.75, 3.05) is 6.61 Å². The number of carbonyl (C=O) groups is 1. The van der Waals surface area contributed by atoms with E-state index in [1.54, 1.807) is 12.1 Å². The molecule has 1 aromatic carbocycles. The summed E-state index contributed by atoms with van der Waals surface area (Å²) in [6.07, 6.45) is 6.37. The zero-order chi connectivity index (χ0) is 21.0. The summed E-state index contributed by atoms with van der Waals surface area (Å²) in [5.41, 5.74) is 1.82. The van der Waals surface area contributed by atoms with E-state index in [1.807, 2.05) is 39.0 Å². The van der Waals surface area contributed by atoms with Gasteiger partial charge in [-0.15, -0.1) is 0 Å². The normalized spacial score (nSPS) is 19.7. The molecule has 3 rings (SSSR count). The largest absolute Gasteiger partial charge is 0.489 e. The zero-order valence-electron chi connectivity index (χ0n) is 17.5. The van der Waals surface area contributed by atoms with Gasteiger partial charge in [0.05, 0.1) is 6.10 Å². The van der Waals surface area contributed by atoms with E-state index >= 15 is 0 Å². The van der Waals surface area contributed by atoms with Crippen LogP contribution >= 0.6 is 0 Å². The molecule has 5 heteroatoms. The summed E-state index contributed by atoms with van der Waals surface area (Å²) in [5.74, 6) is 0.828. The molecular weight excluding hydrogens is 368 g/mol. The van der Waals surface area contributed by atoms with Gasteiger partial charge in [-0.1, -0.05) is 11.6 Å². The molecule has 1 unspecified atom stereocenters. The lowest BCUT2D eigenvalue weighted by Crippen LogP contribution is -2.27. The van der Waals surface area contributed by atoms with E-state index in [9.17, 15) is 9.59 Å². The number of benzene rings is 1. The molecule has 0 amide bonds. The Balaban J connectivity index is 1.48. The molecule has 1 aliphatic heterocycles. The summed E-state index contributed by atoms with van der Waals surface area (Å²) in [6, 6.07) is 8.61. The molecule has 1 atom stereocenters. The molecule has 29 heavy (non-hydrogen) atoms. The standard InChI is InChI=1S/C24H28O5/c1-16(6-5-7-17(2)20-15-22(25)24(3,4)29-20)12-13-27-19-10-8-18-9-11-23(26)28-21(18)14-19/h7-12,14,20H,5-6,13,15H2,1-4H3/b16-12+,17-7+. The average Bonchev–Trinajstić information content (AvgIpc) is 2.94. The first-order chi connectivity index (χ1) is 13.7. The minimum atomic E-state index is -0.668. The van der Waals surface area contributed by atoms with E-state index in [2.05, 4.69) is 13.0 Å². The molecule has 1 saturated heterocycles. The highest BCUT2D eigenvalue weighted by Gasteiger charge is 2.40. The van der Waals surface area contributed by atoms with Crippen LogP contribution in [0.4, 0.5) is 0 Å². The summed E-state index contributed by atoms with van der Waals surface area (Å²) < 4.78 is 16.8. The van der Waals surface area contributed by atoms with Gasteiger partial charge >= 0.3 is 5.63 Å². The second-order valence-electron chi connectivity index (χ2n) is 8.05. The van der Waals surface area contributed by atoms with E-state index in [4.69, 9.17) is 13.9 Å². The van der Waals surface area contributed by atoms with Crippen molar-refractivity contribution in [1.82, 2.24) is 0 Å². The molecule has 154 valence electrons. The molecule has 2 heterocycles. The Morgan fingerprint density at radius 3 is 2.66 bits per heavy atom. The van der Waals surface area contributed by atoms with E-state index in [0.29, 0.717) is 24.4 Å². The molecule has 0 saturated carbocycles. The Hall–Kier alpha value is -2.66. The maximum atomic E-state index is 11.9. The summed E-state index contributed by atoms with van der Waals surface area (Å²) in [6.45, 7) is 8.22. The van der Waals surface area contributed by atoms with Crippen LogP contribution in [0.25, 0.3) is 11.0 Å². The third kappa shape index (κ3) is 5.45. The number of ketones is 1. The number of carbonyl (C=O) groups excluding carboxylic acids is 1. The van der Waals surface area contributed by atoms with Gasteiger partial charge in [-0.05, 0) is 70.4 Å². The average molecular weight is 396 g/mol. The quantitative estimate of drug-likeness (QED) is 0.488. The van der Waals surface area contributed by atoms with Crippen LogP contribution in [0.15, 0.2) is 62.8 Å². The summed E-state index contributed by atoms with van der Waals surface area (Å²) in [5, 5.41) is 0.863. The first kappa shape index (κ1) is 21.1. The second kappa shape index (κ2) is 8.78. The van der Waals surface area contributed by atoms with Gasteiger partial charge in [0.1, 0.15) is 23.5 Å². The van der Waals surface area contributed by atoms with Crippen molar-refractivity contribution in [2.45, 2.75) is 58.7 Å². The fourth-order valence-electron chi connectivity index (χ4n) is 3.30. The Morgan fingerprint density at radius 1 is 1.17 bits per heavy atom. The van der Waals surface area contributed by atoms with Crippen molar-refractivity contribution in [2.24, 2.45) is 0 Å². The van der Waals surface area contributed by atoms with Gasteiger partial charge < -0.3 is 13.9 Å². The van der Waals surface area contributed by atoms with Crippen LogP contribution in [-0.2, 0) is 9.53 Å². The van der Waals surface area contributed by atoms with Gasteiger partial charge in [0.15, 0.2) is 5.78 Å². The lowest BCUT2D eigenvalue weighted by Gasteiger charge is -2.18. The summed E-state index contributed by atoms with van der Waals surface area (Å²) in [7, 11) is 0. The number of hydrogen-bond donors (Lipinski definition) is 0. The topological polar surface area (TPSA) is 65.7 Å². The first-order valence-corrected chi connectivity index (χ1v) is 9.95. The Kier molecular flexibility index (Phi) is 6.38. The van der Waals surface area contributed by atoms with E-state index in [0.717, 1.165) is 23.8 Å². The fraction of sp³-hybridized carbons (Fsp3) is 0.417. The van der Waals surface area contributed by atoms with Crippen molar-refractivity contribution in [3.05, 3.63) is 64.1 Å². The number of ether oxygens (including phenoxy) is 2. The highest BCUT2D eigenvalue weighted by atomic mass is 16.5. The van der Waals surface area contributed by atoms with Crippen LogP contribution < -0.4 is 10.4 Å². The predicted octanol–water partition coefficient (Wildman–Crippen LogP) is 4.98. The van der Waals surface area contributed by atoms with E-state index < -0.39 is 5.60 Å². The Labute approximate surface area is 171 Å². The van der Waals surface area contributed by atoms with Crippen LogP contribution in [0.2, 0.25) is 0 Å². The fourth-order valence-corrected chi connectivity index (χ4v) is 3.30. The predicted molar refractivity (Wildman–Crippen MR) is 113 cm³/mol. The van der Waals surface area contributed by atoms with Crippen LogP contribution in [0.3, 0.4) is 0 Å². The van der Waals surface area contributed by atoms with Crippen LogP contribution in [-0.4, -0.2) is 24.1 Å². The molecule has 1 fully saturated rings. The van der Waals surface area contributed by atoms with Crippen molar-refractivity contribution < 1.29 is 18.7 Å². The van der Waals surface area contributed by atoms with Gasteiger partial charge in [0.2, 0.25) is 0 Å². The van der Waals surface area contributed by atoms with E-state index in [1.165, 1.54) is 11.6 Å². The number of allylic oxidation sites excluding steroid dienone is 2. The molecule has 5 nitrogen and oxygen atoms in total. The molecule has 0 bridgehead atoms. The van der Waals surface area contributed by atoms with Crippen molar-refractivity contribution in [3.63, 3.8) is 0 Å². The summed E-state index contributed by atoms with van der Waals surface area (Å²) >= 11 is 0. The van der Waals surface area contributed by atoms with Crippen LogP contribution in [0.1, 0.15) is 47.0 Å². The third-order valence-electron chi connectivity index (χ3n) is 5.27. The SMILES string of the molecule is C/C(=C\COc1ccc2ccc(=O)oc2c1)CC/C=C(\C)C1CC(=O)C(C)(C)O1. The maximum absolute atomic E-state index is 11.9. The molecule has 0 aliphatic carbocycles. The van der Waals surface area contributed by atoms with Gasteiger partial charge in [0.25, 0.3) is 0 Å². The Bertz CT molecular complexity index is 1010. The van der Waals surface area contributed by atoms with Crippen LogP contribution in [0.5, 0.6) is 5.75 Å². The molecule has 1 aliphatic rings. The second-order valence-corrected chi connectivity index (χ2v) is 8.05. The maximum Gasteiger partial charge on any atom is 0.336 e. The van der Waals surface area contributed by atoms with Gasteiger partial charge in [0, 0.05) is 23.9 Å². The number of Topliss-reactive ketones (excluding diaryl/α,β-unsaturated/α-hetero) is 1. The van der Waals surface area contributed by atoms with Gasteiger partial charge in [-0.3, -0.25) is 4.79 Å².